The van der Waals surface area contributed by atoms with Crippen molar-refractivity contribution in [3.63, 3.8) is 0 Å². The van der Waals surface area contributed by atoms with Gasteiger partial charge in [-0.3, -0.25) is 4.79 Å². The minimum absolute atomic E-state index is 0.0780. The van der Waals surface area contributed by atoms with E-state index in [1.54, 1.807) is 24.1 Å². The Morgan fingerprint density at radius 1 is 1.10 bits per heavy atom. The van der Waals surface area contributed by atoms with Crippen LogP contribution in [0.4, 0.5) is 10.5 Å². The zero-order valence-electron chi connectivity index (χ0n) is 17.1. The standard InChI is InChI=1S/C24H29N3O2/c1-18(27(2)24(29)25-17-19-10-5-3-6-11-19)21-14-9-15-22(16-21)26-23(28)20-12-7-4-8-13-20/h3-5,7-9,12-16,18-19H,6,10-11,17H2,1-2H3,(H,25,29)(H,26,28)/t18-,19+/m0/s1. The normalized spacial score (nSPS) is 16.7. The maximum atomic E-state index is 12.6. The van der Waals surface area contributed by atoms with Crippen LogP contribution in [-0.4, -0.2) is 30.4 Å². The van der Waals surface area contributed by atoms with E-state index in [1.807, 2.05) is 49.4 Å². The van der Waals surface area contributed by atoms with Gasteiger partial charge in [0.15, 0.2) is 0 Å². The molecule has 0 radical (unpaired) electrons. The molecule has 2 aromatic rings. The Hall–Kier alpha value is -3.08. The van der Waals surface area contributed by atoms with Crippen LogP contribution in [-0.2, 0) is 0 Å². The summed E-state index contributed by atoms with van der Waals surface area (Å²) in [6, 6.07) is 16.6. The Morgan fingerprint density at radius 3 is 2.62 bits per heavy atom. The molecule has 0 aliphatic heterocycles. The molecule has 1 aliphatic carbocycles. The molecule has 0 unspecified atom stereocenters. The van der Waals surface area contributed by atoms with Gasteiger partial charge in [0.2, 0.25) is 0 Å². The largest absolute Gasteiger partial charge is 0.338 e. The molecule has 0 bridgehead atoms. The molecule has 2 aromatic carbocycles. The van der Waals surface area contributed by atoms with Crippen LogP contribution in [0.5, 0.6) is 0 Å². The SMILES string of the molecule is C[C@@H](c1cccc(NC(=O)c2ccccc2)c1)N(C)C(=O)NC[C@@H]1CC=CCC1. The van der Waals surface area contributed by atoms with Gasteiger partial charge in [0.25, 0.3) is 5.91 Å². The molecule has 0 aromatic heterocycles. The lowest BCUT2D eigenvalue weighted by atomic mass is 9.94. The van der Waals surface area contributed by atoms with Crippen molar-refractivity contribution in [1.29, 1.82) is 0 Å². The molecular formula is C24H29N3O2. The number of allylic oxidation sites excluding steroid dienone is 2. The summed E-state index contributed by atoms with van der Waals surface area (Å²) in [7, 11) is 1.80. The van der Waals surface area contributed by atoms with Gasteiger partial charge in [-0.1, -0.05) is 42.5 Å². The summed E-state index contributed by atoms with van der Waals surface area (Å²) in [5, 5.41) is 5.98. The van der Waals surface area contributed by atoms with Crippen molar-refractivity contribution in [2.45, 2.75) is 32.2 Å². The second-order valence-corrected chi connectivity index (χ2v) is 7.57. The summed E-state index contributed by atoms with van der Waals surface area (Å²) in [4.78, 5) is 26.7. The Kier molecular flexibility index (Phi) is 7.06. The van der Waals surface area contributed by atoms with E-state index in [1.165, 1.54) is 0 Å². The first-order valence-corrected chi connectivity index (χ1v) is 10.2. The number of nitrogens with zero attached hydrogens (tertiary/aromatic N) is 1. The van der Waals surface area contributed by atoms with Crippen molar-refractivity contribution in [3.8, 4) is 0 Å². The average Bonchev–Trinajstić information content (AvgIpc) is 2.78. The fraction of sp³-hybridized carbons (Fsp3) is 0.333. The molecule has 0 fully saturated rings. The van der Waals surface area contributed by atoms with Gasteiger partial charge in [-0.25, -0.2) is 4.79 Å². The molecular weight excluding hydrogens is 362 g/mol. The van der Waals surface area contributed by atoms with Gasteiger partial charge in [-0.15, -0.1) is 0 Å². The molecule has 3 rings (SSSR count). The van der Waals surface area contributed by atoms with Gasteiger partial charge in [-0.2, -0.15) is 0 Å². The average molecular weight is 392 g/mol. The zero-order valence-corrected chi connectivity index (χ0v) is 17.1. The van der Waals surface area contributed by atoms with Crippen LogP contribution in [0.2, 0.25) is 0 Å². The van der Waals surface area contributed by atoms with E-state index in [9.17, 15) is 9.59 Å². The number of rotatable bonds is 6. The number of urea groups is 1. The highest BCUT2D eigenvalue weighted by atomic mass is 16.2. The van der Waals surface area contributed by atoms with Gasteiger partial charge in [0.1, 0.15) is 0 Å². The number of benzene rings is 2. The van der Waals surface area contributed by atoms with Crippen LogP contribution in [0.25, 0.3) is 0 Å². The van der Waals surface area contributed by atoms with Crippen molar-refractivity contribution in [3.05, 3.63) is 77.9 Å². The highest BCUT2D eigenvalue weighted by molar-refractivity contribution is 6.04. The van der Waals surface area contributed by atoms with Crippen molar-refractivity contribution in [2.75, 3.05) is 18.9 Å². The second kappa shape index (κ2) is 9.92. The van der Waals surface area contributed by atoms with Crippen molar-refractivity contribution in [1.82, 2.24) is 10.2 Å². The van der Waals surface area contributed by atoms with Gasteiger partial charge >= 0.3 is 6.03 Å². The summed E-state index contributed by atoms with van der Waals surface area (Å²) in [5.74, 6) is 0.368. The highest BCUT2D eigenvalue weighted by Gasteiger charge is 2.19. The van der Waals surface area contributed by atoms with E-state index in [2.05, 4.69) is 22.8 Å². The monoisotopic (exact) mass is 391 g/mol. The van der Waals surface area contributed by atoms with Gasteiger partial charge in [-0.05, 0) is 61.9 Å². The van der Waals surface area contributed by atoms with E-state index in [0.717, 1.165) is 24.8 Å². The molecule has 0 saturated heterocycles. The molecule has 29 heavy (non-hydrogen) atoms. The summed E-state index contributed by atoms with van der Waals surface area (Å²) >= 11 is 0. The molecule has 2 atom stereocenters. The van der Waals surface area contributed by atoms with Crippen molar-refractivity contribution < 1.29 is 9.59 Å². The number of hydrogen-bond acceptors (Lipinski definition) is 2. The predicted molar refractivity (Wildman–Crippen MR) is 117 cm³/mol. The minimum Gasteiger partial charge on any atom is -0.338 e. The number of anilines is 1. The molecule has 2 N–H and O–H groups in total. The summed E-state index contributed by atoms with van der Waals surface area (Å²) in [5.41, 5.74) is 2.29. The summed E-state index contributed by atoms with van der Waals surface area (Å²) < 4.78 is 0. The maximum Gasteiger partial charge on any atom is 0.317 e. The van der Waals surface area contributed by atoms with E-state index in [-0.39, 0.29) is 18.0 Å². The lowest BCUT2D eigenvalue weighted by molar-refractivity contribution is 0.102. The molecule has 0 spiro atoms. The minimum atomic E-state index is -0.150. The molecule has 3 amide bonds. The van der Waals surface area contributed by atoms with E-state index in [4.69, 9.17) is 0 Å². The topological polar surface area (TPSA) is 61.4 Å². The lowest BCUT2D eigenvalue weighted by Gasteiger charge is -2.27. The molecule has 1 aliphatic rings. The fourth-order valence-electron chi connectivity index (χ4n) is 3.47. The van der Waals surface area contributed by atoms with Crippen LogP contribution in [0.15, 0.2) is 66.7 Å². The first kappa shape index (κ1) is 20.6. The van der Waals surface area contributed by atoms with Gasteiger partial charge in [0.05, 0.1) is 6.04 Å². The zero-order chi connectivity index (χ0) is 20.6. The molecule has 152 valence electrons. The van der Waals surface area contributed by atoms with Crippen LogP contribution in [0.1, 0.15) is 48.1 Å². The quantitative estimate of drug-likeness (QED) is 0.681. The Bertz CT molecular complexity index is 863. The molecule has 5 nitrogen and oxygen atoms in total. The Balaban J connectivity index is 1.59. The first-order valence-electron chi connectivity index (χ1n) is 10.2. The van der Waals surface area contributed by atoms with Crippen LogP contribution in [0.3, 0.4) is 0 Å². The van der Waals surface area contributed by atoms with Crippen LogP contribution >= 0.6 is 0 Å². The highest BCUT2D eigenvalue weighted by Crippen LogP contribution is 2.23. The predicted octanol–water partition coefficient (Wildman–Crippen LogP) is 5.00. The molecule has 0 heterocycles. The van der Waals surface area contributed by atoms with Crippen molar-refractivity contribution >= 4 is 17.6 Å². The second-order valence-electron chi connectivity index (χ2n) is 7.57. The smallest absolute Gasteiger partial charge is 0.317 e. The van der Waals surface area contributed by atoms with Gasteiger partial charge in [0, 0.05) is 24.8 Å². The first-order chi connectivity index (χ1) is 14.0. The Morgan fingerprint density at radius 2 is 1.90 bits per heavy atom. The molecule has 0 saturated carbocycles. The summed E-state index contributed by atoms with van der Waals surface area (Å²) in [6.07, 6.45) is 7.65. The van der Waals surface area contributed by atoms with Crippen molar-refractivity contribution in [2.24, 2.45) is 5.92 Å². The Labute approximate surface area is 172 Å². The summed E-state index contributed by atoms with van der Waals surface area (Å²) in [6.45, 7) is 2.69. The lowest BCUT2D eigenvalue weighted by Crippen LogP contribution is -2.41. The van der Waals surface area contributed by atoms with E-state index in [0.29, 0.717) is 23.7 Å². The molecule has 5 heteroatoms. The maximum absolute atomic E-state index is 12.6. The number of carbonyl (C=O) groups excluding carboxylic acids is 2. The van der Waals surface area contributed by atoms with Gasteiger partial charge < -0.3 is 15.5 Å². The number of nitrogens with one attached hydrogen (secondary N) is 2. The fourth-order valence-corrected chi connectivity index (χ4v) is 3.47. The number of carbonyl (C=O) groups is 2. The van der Waals surface area contributed by atoms with E-state index >= 15 is 0 Å². The third-order valence-corrected chi connectivity index (χ3v) is 5.48. The third-order valence-electron chi connectivity index (χ3n) is 5.48. The number of amides is 3. The third kappa shape index (κ3) is 5.70. The van der Waals surface area contributed by atoms with Crippen LogP contribution < -0.4 is 10.6 Å². The van der Waals surface area contributed by atoms with E-state index < -0.39 is 0 Å². The van der Waals surface area contributed by atoms with Crippen LogP contribution in [0, 0.1) is 5.92 Å². The number of hydrogen-bond donors (Lipinski definition) is 2.